The van der Waals surface area contributed by atoms with Crippen molar-refractivity contribution in [1.82, 2.24) is 5.32 Å². The highest BCUT2D eigenvalue weighted by atomic mass is 16.5. The van der Waals surface area contributed by atoms with E-state index in [1.54, 1.807) is 6.07 Å². The molecule has 2 aromatic carbocycles. The molecular weight excluding hydrogens is 356 g/mol. The predicted molar refractivity (Wildman–Crippen MR) is 111 cm³/mol. The molecule has 1 amide bonds. The second kappa shape index (κ2) is 11.8. The van der Waals surface area contributed by atoms with Crippen molar-refractivity contribution >= 4 is 11.9 Å². The maximum Gasteiger partial charge on any atom is 0.300 e. The number of ether oxygens (including phenoxy) is 1. The molecule has 0 atom stereocenters. The number of hydrogen-bond donors (Lipinski definition) is 3. The summed E-state index contributed by atoms with van der Waals surface area (Å²) in [6.45, 7) is 8.72. The number of amides is 1. The third kappa shape index (κ3) is 8.22. The van der Waals surface area contributed by atoms with Gasteiger partial charge >= 0.3 is 0 Å². The molecule has 0 heterocycles. The number of benzene rings is 2. The normalized spacial score (nSPS) is 9.89. The van der Waals surface area contributed by atoms with Crippen LogP contribution in [0, 0.1) is 20.8 Å². The molecule has 0 aliphatic rings. The Morgan fingerprint density at radius 1 is 1.07 bits per heavy atom. The monoisotopic (exact) mass is 386 g/mol. The van der Waals surface area contributed by atoms with Crippen LogP contribution >= 0.6 is 0 Å². The highest BCUT2D eigenvalue weighted by Crippen LogP contribution is 2.19. The van der Waals surface area contributed by atoms with Gasteiger partial charge in [0.05, 0.1) is 0 Å². The van der Waals surface area contributed by atoms with E-state index in [1.165, 1.54) is 16.7 Å². The Kier molecular flexibility index (Phi) is 9.74. The first kappa shape index (κ1) is 23.2. The van der Waals surface area contributed by atoms with Crippen molar-refractivity contribution in [3.8, 4) is 5.75 Å². The Labute approximate surface area is 166 Å². The van der Waals surface area contributed by atoms with E-state index in [0.717, 1.165) is 18.9 Å². The van der Waals surface area contributed by atoms with E-state index in [2.05, 4.69) is 37.4 Å². The summed E-state index contributed by atoms with van der Waals surface area (Å²) in [4.78, 5) is 21.3. The minimum atomic E-state index is -0.833. The van der Waals surface area contributed by atoms with Crippen LogP contribution in [0.15, 0.2) is 36.4 Å². The lowest BCUT2D eigenvalue weighted by Crippen LogP contribution is -2.26. The van der Waals surface area contributed by atoms with E-state index in [9.17, 15) is 4.79 Å². The summed E-state index contributed by atoms with van der Waals surface area (Å²) in [6, 6.07) is 11.9. The maximum atomic E-state index is 12.3. The van der Waals surface area contributed by atoms with Crippen molar-refractivity contribution in [2.24, 2.45) is 5.73 Å². The first-order chi connectivity index (χ1) is 13.2. The number of aryl methyl sites for hydroxylation is 3. The van der Waals surface area contributed by atoms with Crippen molar-refractivity contribution in [3.63, 3.8) is 0 Å². The molecule has 0 aliphatic carbocycles. The van der Waals surface area contributed by atoms with Crippen LogP contribution in [0.2, 0.25) is 0 Å². The van der Waals surface area contributed by atoms with E-state index >= 15 is 0 Å². The molecule has 6 heteroatoms. The van der Waals surface area contributed by atoms with Crippen LogP contribution in [-0.4, -0.2) is 36.7 Å². The first-order valence-electron chi connectivity index (χ1n) is 9.22. The zero-order chi connectivity index (χ0) is 21.1. The fourth-order valence-electron chi connectivity index (χ4n) is 2.60. The van der Waals surface area contributed by atoms with Crippen LogP contribution in [0.5, 0.6) is 5.75 Å². The Morgan fingerprint density at radius 2 is 1.75 bits per heavy atom. The third-order valence-electron chi connectivity index (χ3n) is 4.00. The summed E-state index contributed by atoms with van der Waals surface area (Å²) < 4.78 is 5.57. The van der Waals surface area contributed by atoms with Crippen LogP contribution in [0.3, 0.4) is 0 Å². The fourth-order valence-corrected chi connectivity index (χ4v) is 2.60. The standard InChI is InChI=1S/C20H26N2O2.C2H4O2/c1-14-4-6-17(16(3)12-14)8-10-22-20(23)18-7-5-15(2)19(13-18)24-11-9-21;1-2(3)4/h4-7,12-13H,8-11,21H2,1-3H3,(H,22,23);1H3,(H,3,4). The van der Waals surface area contributed by atoms with Crippen LogP contribution < -0.4 is 15.8 Å². The van der Waals surface area contributed by atoms with Gasteiger partial charge in [-0.3, -0.25) is 9.59 Å². The molecule has 2 aromatic rings. The summed E-state index contributed by atoms with van der Waals surface area (Å²) in [5, 5.41) is 10.4. The third-order valence-corrected chi connectivity index (χ3v) is 4.00. The number of hydrogen-bond acceptors (Lipinski definition) is 4. The van der Waals surface area contributed by atoms with Gasteiger partial charge in [0.2, 0.25) is 0 Å². The van der Waals surface area contributed by atoms with Gasteiger partial charge in [-0.25, -0.2) is 0 Å². The van der Waals surface area contributed by atoms with E-state index in [-0.39, 0.29) is 5.91 Å². The quantitative estimate of drug-likeness (QED) is 0.679. The molecular formula is C22H30N2O4. The summed E-state index contributed by atoms with van der Waals surface area (Å²) in [7, 11) is 0. The van der Waals surface area contributed by atoms with Crippen LogP contribution in [0.4, 0.5) is 0 Å². The average Bonchev–Trinajstić information content (AvgIpc) is 2.62. The Bertz CT molecular complexity index is 799. The van der Waals surface area contributed by atoms with E-state index < -0.39 is 5.97 Å². The van der Waals surface area contributed by atoms with Gasteiger partial charge in [0.15, 0.2) is 0 Å². The second-order valence-electron chi connectivity index (χ2n) is 6.57. The number of nitrogens with one attached hydrogen (secondary N) is 1. The number of carboxylic acids is 1. The number of rotatable bonds is 7. The van der Waals surface area contributed by atoms with Crippen molar-refractivity contribution in [3.05, 3.63) is 64.2 Å². The SMILES string of the molecule is CC(=O)O.Cc1ccc(CCNC(=O)c2ccc(C)c(OCCN)c2)c(C)c1. The fraction of sp³-hybridized carbons (Fsp3) is 0.364. The molecule has 0 aromatic heterocycles. The first-order valence-corrected chi connectivity index (χ1v) is 9.22. The Hall–Kier alpha value is -2.86. The zero-order valence-electron chi connectivity index (χ0n) is 17.0. The lowest BCUT2D eigenvalue weighted by molar-refractivity contribution is -0.134. The lowest BCUT2D eigenvalue weighted by Gasteiger charge is -2.11. The molecule has 6 nitrogen and oxygen atoms in total. The van der Waals surface area contributed by atoms with Crippen molar-refractivity contribution in [1.29, 1.82) is 0 Å². The van der Waals surface area contributed by atoms with Crippen molar-refractivity contribution in [2.75, 3.05) is 19.7 Å². The molecule has 4 N–H and O–H groups in total. The second-order valence-corrected chi connectivity index (χ2v) is 6.57. The Balaban J connectivity index is 0.000000892. The van der Waals surface area contributed by atoms with Gasteiger partial charge in [0.1, 0.15) is 12.4 Å². The summed E-state index contributed by atoms with van der Waals surface area (Å²) in [5.41, 5.74) is 10.8. The summed E-state index contributed by atoms with van der Waals surface area (Å²) in [5.74, 6) is -0.208. The molecule has 0 fully saturated rings. The molecule has 0 unspecified atom stereocenters. The Morgan fingerprint density at radius 3 is 2.36 bits per heavy atom. The number of nitrogens with two attached hydrogens (primary N) is 1. The lowest BCUT2D eigenvalue weighted by atomic mass is 10.0. The molecule has 0 bridgehead atoms. The summed E-state index contributed by atoms with van der Waals surface area (Å²) in [6.07, 6.45) is 0.820. The molecule has 0 aliphatic heterocycles. The van der Waals surface area contributed by atoms with Crippen LogP contribution in [-0.2, 0) is 11.2 Å². The molecule has 0 spiro atoms. The van der Waals surface area contributed by atoms with Gasteiger partial charge in [-0.1, -0.05) is 29.8 Å². The zero-order valence-corrected chi connectivity index (χ0v) is 17.0. The van der Waals surface area contributed by atoms with Gasteiger partial charge < -0.3 is 20.9 Å². The number of carbonyl (C=O) groups is 2. The minimum Gasteiger partial charge on any atom is -0.492 e. The molecule has 0 saturated carbocycles. The predicted octanol–water partition coefficient (Wildman–Crippen LogP) is 3.01. The van der Waals surface area contributed by atoms with E-state index in [4.69, 9.17) is 20.4 Å². The smallest absolute Gasteiger partial charge is 0.300 e. The van der Waals surface area contributed by atoms with Gasteiger partial charge in [-0.2, -0.15) is 0 Å². The molecule has 0 radical (unpaired) electrons. The van der Waals surface area contributed by atoms with Gasteiger partial charge in [0.25, 0.3) is 11.9 Å². The highest BCUT2D eigenvalue weighted by molar-refractivity contribution is 5.94. The molecule has 0 saturated heterocycles. The van der Waals surface area contributed by atoms with Crippen molar-refractivity contribution in [2.45, 2.75) is 34.1 Å². The highest BCUT2D eigenvalue weighted by Gasteiger charge is 2.09. The number of carbonyl (C=O) groups excluding carboxylic acids is 1. The molecule has 28 heavy (non-hydrogen) atoms. The average molecular weight is 386 g/mol. The van der Waals surface area contributed by atoms with E-state index in [1.807, 2.05) is 19.1 Å². The molecule has 152 valence electrons. The van der Waals surface area contributed by atoms with E-state index in [0.29, 0.717) is 31.0 Å². The van der Waals surface area contributed by atoms with Gasteiger partial charge in [-0.15, -0.1) is 0 Å². The van der Waals surface area contributed by atoms with Crippen molar-refractivity contribution < 1.29 is 19.4 Å². The summed E-state index contributed by atoms with van der Waals surface area (Å²) >= 11 is 0. The maximum absolute atomic E-state index is 12.3. The topological polar surface area (TPSA) is 102 Å². The largest absolute Gasteiger partial charge is 0.492 e. The molecule has 2 rings (SSSR count). The van der Waals surface area contributed by atoms with Gasteiger partial charge in [-0.05, 0) is 56.0 Å². The number of aliphatic carboxylic acids is 1. The van der Waals surface area contributed by atoms with Crippen LogP contribution in [0.1, 0.15) is 39.5 Å². The van der Waals surface area contributed by atoms with Crippen LogP contribution in [0.25, 0.3) is 0 Å². The minimum absolute atomic E-state index is 0.0858. The number of carboxylic acid groups (broad SMARTS) is 1. The van der Waals surface area contributed by atoms with Gasteiger partial charge in [0, 0.05) is 25.6 Å².